The van der Waals surface area contributed by atoms with Crippen molar-refractivity contribution >= 4 is 34.9 Å². The molecule has 18 heavy (non-hydrogen) atoms. The number of rotatable bonds is 1. The molecule has 0 saturated heterocycles. The molecule has 92 valence electrons. The summed E-state index contributed by atoms with van der Waals surface area (Å²) in [6.07, 6.45) is 3.38. The molecule has 2 aromatic rings. The Morgan fingerprint density at radius 2 is 2.06 bits per heavy atom. The number of fused-ring (bicyclic) bond motifs is 2. The quantitative estimate of drug-likeness (QED) is 0.800. The molecule has 0 spiro atoms. The Balaban J connectivity index is 2.16. The number of benzene rings is 1. The fourth-order valence-electron chi connectivity index (χ4n) is 1.86. The minimum atomic E-state index is 0.594. The first kappa shape index (κ1) is 11.6. The van der Waals surface area contributed by atoms with Crippen LogP contribution in [0.25, 0.3) is 0 Å². The number of halogens is 1. The van der Waals surface area contributed by atoms with Crippen LogP contribution in [0.4, 0.5) is 11.5 Å². The van der Waals surface area contributed by atoms with Crippen molar-refractivity contribution in [1.29, 1.82) is 0 Å². The number of ether oxygens (including phenoxy) is 1. The average Bonchev–Trinajstić information content (AvgIpc) is 2.39. The number of methoxy groups -OCH3 is 1. The third kappa shape index (κ3) is 1.71. The summed E-state index contributed by atoms with van der Waals surface area (Å²) in [6, 6.07) is 3.82. The number of hydrogen-bond donors (Lipinski definition) is 0. The Bertz CT molecular complexity index is 620. The number of anilines is 2. The number of hydrogen-bond acceptors (Lipinski definition) is 5. The first-order valence-electron chi connectivity index (χ1n) is 5.31. The molecule has 0 saturated carbocycles. The highest BCUT2D eigenvalue weighted by Gasteiger charge is 2.24. The second kappa shape index (κ2) is 4.33. The molecule has 0 unspecified atom stereocenters. The summed E-state index contributed by atoms with van der Waals surface area (Å²) in [5.74, 6) is 1.51. The molecule has 0 fully saturated rings. The van der Waals surface area contributed by atoms with Crippen LogP contribution >= 0.6 is 23.4 Å². The summed E-state index contributed by atoms with van der Waals surface area (Å²) in [5.41, 5.74) is 1.01. The highest BCUT2D eigenvalue weighted by atomic mass is 35.5. The van der Waals surface area contributed by atoms with Gasteiger partial charge >= 0.3 is 0 Å². The fourth-order valence-corrected chi connectivity index (χ4v) is 3.17. The van der Waals surface area contributed by atoms with E-state index >= 15 is 0 Å². The SMILES string of the molecule is COc1cc2c(cc1Cl)N(C)c1nccnc1S2. The van der Waals surface area contributed by atoms with Gasteiger partial charge in [-0.1, -0.05) is 23.4 Å². The monoisotopic (exact) mass is 279 g/mol. The Kier molecular flexibility index (Phi) is 2.80. The molecule has 4 nitrogen and oxygen atoms in total. The van der Waals surface area contributed by atoms with Crippen LogP contribution in [0.2, 0.25) is 5.02 Å². The lowest BCUT2D eigenvalue weighted by atomic mass is 10.2. The zero-order valence-electron chi connectivity index (χ0n) is 9.85. The van der Waals surface area contributed by atoms with Crippen LogP contribution in [-0.2, 0) is 0 Å². The number of nitrogens with zero attached hydrogens (tertiary/aromatic N) is 3. The summed E-state index contributed by atoms with van der Waals surface area (Å²) >= 11 is 7.73. The van der Waals surface area contributed by atoms with Crippen molar-refractivity contribution < 1.29 is 4.74 Å². The maximum Gasteiger partial charge on any atom is 0.165 e. The van der Waals surface area contributed by atoms with Crippen molar-refractivity contribution in [3.63, 3.8) is 0 Å². The summed E-state index contributed by atoms with van der Waals surface area (Å²) in [5, 5.41) is 1.48. The van der Waals surface area contributed by atoms with Gasteiger partial charge in [0.2, 0.25) is 0 Å². The molecule has 0 N–H and O–H groups in total. The molecule has 0 atom stereocenters. The second-order valence-electron chi connectivity index (χ2n) is 3.80. The standard InChI is InChI=1S/C12H10ClN3OS/c1-16-8-5-7(13)9(17-2)6-10(8)18-12-11(16)14-3-4-15-12/h3-6H,1-2H3. The van der Waals surface area contributed by atoms with Crippen LogP contribution in [0.1, 0.15) is 0 Å². The zero-order chi connectivity index (χ0) is 12.7. The maximum atomic E-state index is 6.16. The Hall–Kier alpha value is -1.46. The second-order valence-corrected chi connectivity index (χ2v) is 5.24. The minimum absolute atomic E-state index is 0.594. The van der Waals surface area contributed by atoms with Gasteiger partial charge in [-0.05, 0) is 12.1 Å². The fraction of sp³-hybridized carbons (Fsp3) is 0.167. The van der Waals surface area contributed by atoms with Gasteiger partial charge in [-0.2, -0.15) is 0 Å². The summed E-state index contributed by atoms with van der Waals surface area (Å²) < 4.78 is 5.23. The average molecular weight is 280 g/mol. The van der Waals surface area contributed by atoms with E-state index in [4.69, 9.17) is 16.3 Å². The van der Waals surface area contributed by atoms with Crippen molar-refractivity contribution in [2.45, 2.75) is 9.92 Å². The van der Waals surface area contributed by atoms with Gasteiger partial charge in [0, 0.05) is 24.3 Å². The predicted octanol–water partition coefficient (Wildman–Crippen LogP) is 3.37. The maximum absolute atomic E-state index is 6.16. The van der Waals surface area contributed by atoms with E-state index in [-0.39, 0.29) is 0 Å². The Labute approximate surface area is 114 Å². The van der Waals surface area contributed by atoms with Gasteiger partial charge < -0.3 is 9.64 Å². The highest BCUT2D eigenvalue weighted by Crippen LogP contribution is 2.48. The highest BCUT2D eigenvalue weighted by molar-refractivity contribution is 7.99. The molecule has 1 aliphatic rings. The van der Waals surface area contributed by atoms with Crippen molar-refractivity contribution in [3.05, 3.63) is 29.5 Å². The first-order chi connectivity index (χ1) is 8.70. The van der Waals surface area contributed by atoms with Gasteiger partial charge in [0.15, 0.2) is 5.82 Å². The van der Waals surface area contributed by atoms with Gasteiger partial charge in [-0.25, -0.2) is 9.97 Å². The van der Waals surface area contributed by atoms with Crippen LogP contribution < -0.4 is 9.64 Å². The lowest BCUT2D eigenvalue weighted by molar-refractivity contribution is 0.414. The zero-order valence-corrected chi connectivity index (χ0v) is 11.4. The lowest BCUT2D eigenvalue weighted by Gasteiger charge is -2.27. The largest absolute Gasteiger partial charge is 0.495 e. The van der Waals surface area contributed by atoms with E-state index in [0.29, 0.717) is 10.8 Å². The van der Waals surface area contributed by atoms with E-state index in [1.165, 1.54) is 0 Å². The smallest absolute Gasteiger partial charge is 0.165 e. The Morgan fingerprint density at radius 1 is 1.28 bits per heavy atom. The van der Waals surface area contributed by atoms with Crippen molar-refractivity contribution in [2.75, 3.05) is 19.1 Å². The predicted molar refractivity (Wildman–Crippen MR) is 72.2 cm³/mol. The molecule has 0 radical (unpaired) electrons. The third-order valence-corrected chi connectivity index (χ3v) is 4.09. The molecule has 6 heteroatoms. The lowest BCUT2D eigenvalue weighted by Crippen LogP contribution is -2.16. The van der Waals surface area contributed by atoms with E-state index in [1.54, 1.807) is 31.3 Å². The molecule has 0 amide bonds. The van der Waals surface area contributed by atoms with Crippen molar-refractivity contribution in [2.24, 2.45) is 0 Å². The molecule has 1 aromatic heterocycles. The van der Waals surface area contributed by atoms with Crippen LogP contribution in [0.3, 0.4) is 0 Å². The van der Waals surface area contributed by atoms with Crippen molar-refractivity contribution in [1.82, 2.24) is 9.97 Å². The van der Waals surface area contributed by atoms with Gasteiger partial charge in [0.25, 0.3) is 0 Å². The van der Waals surface area contributed by atoms with E-state index in [2.05, 4.69) is 9.97 Å². The molecule has 1 aliphatic heterocycles. The van der Waals surface area contributed by atoms with Crippen molar-refractivity contribution in [3.8, 4) is 5.75 Å². The van der Waals surface area contributed by atoms with Gasteiger partial charge in [0.05, 0.1) is 17.8 Å². The molecule has 2 heterocycles. The topological polar surface area (TPSA) is 38.2 Å². The van der Waals surface area contributed by atoms with E-state index in [1.807, 2.05) is 24.1 Å². The van der Waals surface area contributed by atoms with Crippen LogP contribution in [-0.4, -0.2) is 24.1 Å². The molecule has 0 aliphatic carbocycles. The molecule has 0 bridgehead atoms. The Morgan fingerprint density at radius 3 is 2.83 bits per heavy atom. The summed E-state index contributed by atoms with van der Waals surface area (Å²) in [6.45, 7) is 0. The van der Waals surface area contributed by atoms with Gasteiger partial charge in [0.1, 0.15) is 10.8 Å². The van der Waals surface area contributed by atoms with E-state index < -0.39 is 0 Å². The minimum Gasteiger partial charge on any atom is -0.495 e. The van der Waals surface area contributed by atoms with Crippen LogP contribution in [0.15, 0.2) is 34.4 Å². The molecule has 3 rings (SSSR count). The van der Waals surface area contributed by atoms with Gasteiger partial charge in [-0.15, -0.1) is 0 Å². The van der Waals surface area contributed by atoms with Gasteiger partial charge in [-0.3, -0.25) is 0 Å². The molecule has 1 aromatic carbocycles. The molecular formula is C12H10ClN3OS. The normalized spacial score (nSPS) is 12.9. The first-order valence-corrected chi connectivity index (χ1v) is 6.50. The third-order valence-electron chi connectivity index (χ3n) is 2.77. The number of aromatic nitrogens is 2. The van der Waals surface area contributed by atoms with E-state index in [9.17, 15) is 0 Å². The summed E-state index contributed by atoms with van der Waals surface area (Å²) in [4.78, 5) is 11.7. The van der Waals surface area contributed by atoms with Crippen LogP contribution in [0.5, 0.6) is 5.75 Å². The van der Waals surface area contributed by atoms with E-state index in [0.717, 1.165) is 21.4 Å². The summed E-state index contributed by atoms with van der Waals surface area (Å²) in [7, 11) is 3.56. The molecular weight excluding hydrogens is 270 g/mol. The van der Waals surface area contributed by atoms with Crippen LogP contribution in [0, 0.1) is 0 Å².